The number of aryl methyl sites for hydroxylation is 4. The van der Waals surface area contributed by atoms with Crippen LogP contribution in [-0.4, -0.2) is 6.71 Å². The number of hydrogen-bond acceptors (Lipinski definition) is 3. The lowest BCUT2D eigenvalue weighted by Gasteiger charge is -2.44. The summed E-state index contributed by atoms with van der Waals surface area (Å²) in [6, 6.07) is 38.4. The second-order valence-electron chi connectivity index (χ2n) is 24.1. The van der Waals surface area contributed by atoms with Crippen molar-refractivity contribution in [1.82, 2.24) is 0 Å². The van der Waals surface area contributed by atoms with Gasteiger partial charge in [-0.3, -0.25) is 0 Å². The Bertz CT molecular complexity index is 3550. The summed E-state index contributed by atoms with van der Waals surface area (Å²) in [7, 11) is 0. The summed E-state index contributed by atoms with van der Waals surface area (Å²) in [5.74, 6) is 0.520. The maximum atomic E-state index is 10.0. The molecule has 2 nitrogen and oxygen atoms in total. The predicted molar refractivity (Wildman–Crippen MR) is 308 cm³/mol. The molecular formula is C66H71BN2S. The first-order chi connectivity index (χ1) is 34.9. The third kappa shape index (κ3) is 7.94. The van der Waals surface area contributed by atoms with E-state index in [1.165, 1.54) is 97.2 Å². The van der Waals surface area contributed by atoms with Crippen LogP contribution in [0.4, 0.5) is 34.1 Å². The summed E-state index contributed by atoms with van der Waals surface area (Å²) in [6.07, 6.45) is 6.25. The molecule has 3 aliphatic rings. The van der Waals surface area contributed by atoms with Crippen molar-refractivity contribution in [2.24, 2.45) is 0 Å². The summed E-state index contributed by atoms with van der Waals surface area (Å²) in [6.45, 7) is 28.9. The Balaban J connectivity index is 1.24. The van der Waals surface area contributed by atoms with Crippen molar-refractivity contribution < 1.29 is 5.48 Å². The van der Waals surface area contributed by atoms with E-state index >= 15 is 0 Å². The standard InChI is InChI=1S/C66H71BN2S/c1-40-33-42(3)60(43(4)34-40)53-37-47(44-17-15-14-16-18-44)23-31-55(53)69-58-36-41(2)35-57-61(58)67(63-62(69)52-30-26-50(66(11,12)13)39-59(52)70-63)54-38-49(65(8,9)10)27-32-56(54)68(57)51-28-21-46(22-29-51)45-19-24-48(25-20-45)64(5,6)7/h19-39,44H,14-18H2,1-13H3/i21D,22D,28D,29D. The van der Waals surface area contributed by atoms with Gasteiger partial charge in [0, 0.05) is 43.2 Å². The van der Waals surface area contributed by atoms with Crippen molar-refractivity contribution >= 4 is 78.0 Å². The SMILES string of the molecule is [2H]c1c([2H])c(N2c3ccc(C(C)(C)C)cc3B3c4sc5cc(C(C)(C)C)ccc5c4N(c4ccc(C5CCCCC5)cc4-c4c(C)cc(C)cc4C)c4cc(C)cc2c43)c([2H])c([2H])c1-c1ccc(C(C)(C)C)cc1. The van der Waals surface area contributed by atoms with Gasteiger partial charge in [0.2, 0.25) is 0 Å². The monoisotopic (exact) mass is 939 g/mol. The minimum Gasteiger partial charge on any atom is -0.311 e. The van der Waals surface area contributed by atoms with E-state index in [4.69, 9.17) is 0 Å². The number of fused-ring (bicyclic) bond motifs is 6. The van der Waals surface area contributed by atoms with E-state index in [9.17, 15) is 5.48 Å². The molecule has 1 aromatic heterocycles. The van der Waals surface area contributed by atoms with Crippen LogP contribution in [-0.2, 0) is 16.2 Å². The van der Waals surface area contributed by atoms with E-state index in [0.717, 1.165) is 44.8 Å². The number of thiophene rings is 1. The van der Waals surface area contributed by atoms with Gasteiger partial charge in [0.1, 0.15) is 0 Å². The Morgan fingerprint density at radius 2 is 1.11 bits per heavy atom. The van der Waals surface area contributed by atoms with Gasteiger partial charge < -0.3 is 9.80 Å². The van der Waals surface area contributed by atoms with E-state index < -0.39 is 0 Å². The molecule has 7 aromatic carbocycles. The quantitative estimate of drug-likeness (QED) is 0.159. The molecule has 0 radical (unpaired) electrons. The summed E-state index contributed by atoms with van der Waals surface area (Å²) < 4.78 is 42.0. The largest absolute Gasteiger partial charge is 0.311 e. The van der Waals surface area contributed by atoms with Gasteiger partial charge in [-0.1, -0.05) is 166 Å². The molecule has 3 heterocycles. The van der Waals surface area contributed by atoms with Crippen molar-refractivity contribution in [3.63, 3.8) is 0 Å². The number of anilines is 6. The van der Waals surface area contributed by atoms with Gasteiger partial charge in [-0.25, -0.2) is 0 Å². The minimum atomic E-state index is -0.182. The van der Waals surface area contributed by atoms with Gasteiger partial charge in [-0.15, -0.1) is 11.3 Å². The molecule has 0 amide bonds. The predicted octanol–water partition coefficient (Wildman–Crippen LogP) is 17.5. The Hall–Kier alpha value is -5.84. The van der Waals surface area contributed by atoms with Crippen LogP contribution in [0.25, 0.3) is 32.3 Å². The summed E-state index contributed by atoms with van der Waals surface area (Å²) in [4.78, 5) is 4.68. The topological polar surface area (TPSA) is 6.48 Å². The van der Waals surface area contributed by atoms with Crippen molar-refractivity contribution in [2.75, 3.05) is 9.80 Å². The minimum absolute atomic E-state index is 0.0457. The fraction of sp³-hybridized carbons (Fsp3) is 0.333. The molecule has 0 atom stereocenters. The highest BCUT2D eigenvalue weighted by Gasteiger charge is 2.46. The van der Waals surface area contributed by atoms with Crippen LogP contribution in [0.5, 0.6) is 0 Å². The van der Waals surface area contributed by atoms with Gasteiger partial charge in [0.25, 0.3) is 6.71 Å². The van der Waals surface area contributed by atoms with E-state index in [-0.39, 0.29) is 52.8 Å². The number of nitrogens with zero attached hydrogens (tertiary/aromatic N) is 2. The third-order valence-corrected chi connectivity index (χ3v) is 16.9. The second-order valence-corrected chi connectivity index (χ2v) is 25.1. The molecule has 1 fully saturated rings. The molecule has 0 unspecified atom stereocenters. The summed E-state index contributed by atoms with van der Waals surface area (Å²) in [5, 5.41) is 1.23. The number of hydrogen-bond donors (Lipinski definition) is 0. The molecule has 11 rings (SSSR count). The van der Waals surface area contributed by atoms with Crippen molar-refractivity contribution in [1.29, 1.82) is 0 Å². The van der Waals surface area contributed by atoms with Crippen molar-refractivity contribution in [2.45, 2.75) is 144 Å². The summed E-state index contributed by atoms with van der Waals surface area (Å²) in [5.41, 5.74) is 20.8. The second kappa shape index (κ2) is 16.9. The molecule has 0 spiro atoms. The number of benzene rings is 7. The zero-order chi connectivity index (χ0) is 52.7. The Labute approximate surface area is 429 Å². The molecule has 0 N–H and O–H groups in total. The average molecular weight is 939 g/mol. The van der Waals surface area contributed by atoms with Gasteiger partial charge in [0.05, 0.1) is 16.9 Å². The van der Waals surface area contributed by atoms with Crippen LogP contribution in [0.15, 0.2) is 127 Å². The molecule has 0 saturated heterocycles. The Morgan fingerprint density at radius 1 is 0.543 bits per heavy atom. The summed E-state index contributed by atoms with van der Waals surface area (Å²) >= 11 is 1.90. The van der Waals surface area contributed by atoms with E-state index in [1.807, 2.05) is 23.5 Å². The normalized spacial score (nSPS) is 15.9. The van der Waals surface area contributed by atoms with Crippen LogP contribution in [0.2, 0.25) is 0 Å². The maximum absolute atomic E-state index is 10.0. The maximum Gasteiger partial charge on any atom is 0.264 e. The Kier molecular flexibility index (Phi) is 10.1. The Morgan fingerprint density at radius 3 is 1.76 bits per heavy atom. The molecule has 1 aliphatic carbocycles. The molecule has 1 saturated carbocycles. The molecular weight excluding hydrogens is 864 g/mol. The lowest BCUT2D eigenvalue weighted by Crippen LogP contribution is -2.60. The third-order valence-electron chi connectivity index (χ3n) is 15.7. The molecule has 0 bridgehead atoms. The average Bonchev–Trinajstić information content (AvgIpc) is 3.72. The molecule has 2 aliphatic heterocycles. The smallest absolute Gasteiger partial charge is 0.264 e. The highest BCUT2D eigenvalue weighted by molar-refractivity contribution is 7.33. The first-order valence-corrected chi connectivity index (χ1v) is 26.6. The molecule has 8 aromatic rings. The van der Waals surface area contributed by atoms with Gasteiger partial charge in [0.15, 0.2) is 0 Å². The zero-order valence-corrected chi connectivity index (χ0v) is 44.6. The lowest BCUT2D eigenvalue weighted by molar-refractivity contribution is 0.444. The zero-order valence-electron chi connectivity index (χ0n) is 47.8. The van der Waals surface area contributed by atoms with Crippen molar-refractivity contribution in [3.05, 3.63) is 172 Å². The van der Waals surface area contributed by atoms with Crippen LogP contribution in [0.3, 0.4) is 0 Å². The first kappa shape index (κ1) is 41.9. The molecule has 354 valence electrons. The van der Waals surface area contributed by atoms with Gasteiger partial charge in [-0.2, -0.15) is 0 Å². The van der Waals surface area contributed by atoms with Crippen LogP contribution < -0.4 is 25.5 Å². The van der Waals surface area contributed by atoms with E-state index in [1.54, 1.807) is 0 Å². The lowest BCUT2D eigenvalue weighted by atomic mass is 9.36. The van der Waals surface area contributed by atoms with Crippen LogP contribution in [0, 0.1) is 27.7 Å². The van der Waals surface area contributed by atoms with Crippen LogP contribution in [0.1, 0.15) is 150 Å². The van der Waals surface area contributed by atoms with Gasteiger partial charge in [-0.05, 0) is 178 Å². The van der Waals surface area contributed by atoms with Gasteiger partial charge >= 0.3 is 0 Å². The highest BCUT2D eigenvalue weighted by atomic mass is 32.1. The first-order valence-electron chi connectivity index (χ1n) is 27.8. The van der Waals surface area contributed by atoms with E-state index in [0.29, 0.717) is 17.0 Å². The fourth-order valence-electron chi connectivity index (χ4n) is 12.0. The van der Waals surface area contributed by atoms with E-state index in [2.05, 4.69) is 191 Å². The number of rotatable bonds is 5. The highest BCUT2D eigenvalue weighted by Crippen LogP contribution is 2.52. The van der Waals surface area contributed by atoms with Crippen LogP contribution >= 0.6 is 11.3 Å². The van der Waals surface area contributed by atoms with Crippen molar-refractivity contribution in [3.8, 4) is 22.3 Å². The molecule has 4 heteroatoms. The molecule has 70 heavy (non-hydrogen) atoms. The fourth-order valence-corrected chi connectivity index (χ4v) is 13.3.